The van der Waals surface area contributed by atoms with Crippen LogP contribution in [0.4, 0.5) is 0 Å². The zero-order chi connectivity index (χ0) is 6.69. The molecule has 1 rings (SSSR count). The molecule has 1 saturated heterocycles. The molecule has 1 unspecified atom stereocenters. The van der Waals surface area contributed by atoms with Crippen molar-refractivity contribution in [3.05, 3.63) is 0 Å². The van der Waals surface area contributed by atoms with Gasteiger partial charge >= 0.3 is 0 Å². The number of ether oxygens (including phenoxy) is 1. The van der Waals surface area contributed by atoms with Crippen molar-refractivity contribution in [3.8, 4) is 0 Å². The van der Waals surface area contributed by atoms with Gasteiger partial charge in [-0.25, -0.2) is 0 Å². The molecule has 62 valence electrons. The second-order valence-electron chi connectivity index (χ2n) is 2.49. The second-order valence-corrected chi connectivity index (χ2v) is 2.49. The molecule has 1 heterocycles. The molecule has 1 fully saturated rings. The summed E-state index contributed by atoms with van der Waals surface area (Å²) in [5, 5.41) is 0. The number of likely N-dealkylation sites (N-methyl/N-ethyl adjacent to an activating group) is 1. The summed E-state index contributed by atoms with van der Waals surface area (Å²) < 4.78 is 5.33. The summed E-state index contributed by atoms with van der Waals surface area (Å²) in [5.74, 6) is 0. The third-order valence-corrected chi connectivity index (χ3v) is 1.60. The molecule has 0 radical (unpaired) electrons. The number of nitrogens with two attached hydrogens (primary N) is 1. The molecule has 1 atom stereocenters. The Morgan fingerprint density at radius 2 is 2.40 bits per heavy atom. The quantitative estimate of drug-likeness (QED) is 0.562. The Morgan fingerprint density at radius 1 is 1.70 bits per heavy atom. The van der Waals surface area contributed by atoms with E-state index in [0.29, 0.717) is 6.54 Å². The molecule has 0 saturated carbocycles. The Hall–Kier alpha value is -0.120. The highest BCUT2D eigenvalue weighted by Gasteiger charge is 2.14. The van der Waals surface area contributed by atoms with E-state index in [4.69, 9.17) is 10.5 Å². The first-order valence-electron chi connectivity index (χ1n) is 3.33. The van der Waals surface area contributed by atoms with Crippen molar-refractivity contribution in [1.29, 1.82) is 0 Å². The van der Waals surface area contributed by atoms with Crippen LogP contribution in [-0.4, -0.2) is 44.3 Å². The zero-order valence-corrected chi connectivity index (χ0v) is 5.84. The molecule has 0 aliphatic carbocycles. The molecule has 0 amide bonds. The number of nitrogens with zero attached hydrogens (tertiary/aromatic N) is 1. The maximum absolute atomic E-state index is 5.41. The van der Waals surface area contributed by atoms with Crippen LogP contribution >= 0.6 is 0 Å². The van der Waals surface area contributed by atoms with E-state index >= 15 is 0 Å². The summed E-state index contributed by atoms with van der Waals surface area (Å²) in [5.41, 5.74) is 5.41. The molecule has 2 N–H and O–H groups in total. The summed E-state index contributed by atoms with van der Waals surface area (Å²) in [6.45, 7) is 3.50. The topological polar surface area (TPSA) is 38.5 Å². The van der Waals surface area contributed by atoms with Gasteiger partial charge in [-0.05, 0) is 7.05 Å². The van der Waals surface area contributed by atoms with Gasteiger partial charge in [-0.1, -0.05) is 7.43 Å². The fraction of sp³-hybridized carbons (Fsp3) is 1.00. The molecule has 10 heavy (non-hydrogen) atoms. The Labute approximate surface area is 63.1 Å². The van der Waals surface area contributed by atoms with Gasteiger partial charge in [0.25, 0.3) is 0 Å². The van der Waals surface area contributed by atoms with E-state index in [1.807, 2.05) is 0 Å². The van der Waals surface area contributed by atoms with Crippen molar-refractivity contribution in [2.24, 2.45) is 5.73 Å². The molecule has 0 bridgehead atoms. The molecule has 3 heteroatoms. The monoisotopic (exact) mass is 146 g/mol. The highest BCUT2D eigenvalue weighted by Crippen LogP contribution is 1.99. The molecule has 3 nitrogen and oxygen atoms in total. The average molecular weight is 146 g/mol. The molecule has 0 spiro atoms. The minimum Gasteiger partial charge on any atom is -0.374 e. The van der Waals surface area contributed by atoms with E-state index < -0.39 is 0 Å². The highest BCUT2D eigenvalue weighted by molar-refractivity contribution is 4.68. The van der Waals surface area contributed by atoms with E-state index in [1.165, 1.54) is 0 Å². The fourth-order valence-corrected chi connectivity index (χ4v) is 1.01. The van der Waals surface area contributed by atoms with E-state index in [-0.39, 0.29) is 13.5 Å². The average Bonchev–Trinajstić information content (AvgIpc) is 1.88. The second kappa shape index (κ2) is 4.66. The van der Waals surface area contributed by atoms with Crippen LogP contribution in [0.5, 0.6) is 0 Å². The van der Waals surface area contributed by atoms with Gasteiger partial charge in [0.2, 0.25) is 0 Å². The number of morpholine rings is 1. The summed E-state index contributed by atoms with van der Waals surface area (Å²) >= 11 is 0. The number of hydrogen-bond donors (Lipinski definition) is 1. The lowest BCUT2D eigenvalue weighted by atomic mass is 10.3. The third kappa shape index (κ3) is 2.64. The first kappa shape index (κ1) is 9.88. The number of hydrogen-bond acceptors (Lipinski definition) is 3. The minimum absolute atomic E-state index is 0. The van der Waals surface area contributed by atoms with Gasteiger partial charge in [-0.3, -0.25) is 0 Å². The minimum atomic E-state index is 0. The van der Waals surface area contributed by atoms with Gasteiger partial charge in [-0.15, -0.1) is 0 Å². The standard InChI is InChI=1S/C6H14N2O.CH4/c1-8-2-3-9-6(4-7)5-8;/h6H,2-5,7H2,1H3;1H4. The van der Waals surface area contributed by atoms with Crippen LogP contribution in [0, 0.1) is 0 Å². The van der Waals surface area contributed by atoms with Crippen molar-refractivity contribution in [3.63, 3.8) is 0 Å². The molecule has 1 aliphatic heterocycles. The lowest BCUT2D eigenvalue weighted by Gasteiger charge is -2.28. The van der Waals surface area contributed by atoms with Crippen molar-refractivity contribution in [2.75, 3.05) is 33.3 Å². The molecule has 1 aliphatic rings. The van der Waals surface area contributed by atoms with Crippen LogP contribution in [0.25, 0.3) is 0 Å². The van der Waals surface area contributed by atoms with E-state index in [1.54, 1.807) is 0 Å². The molecule has 0 aromatic rings. The van der Waals surface area contributed by atoms with E-state index in [0.717, 1.165) is 19.7 Å². The lowest BCUT2D eigenvalue weighted by Crippen LogP contribution is -2.43. The van der Waals surface area contributed by atoms with Crippen LogP contribution in [0.1, 0.15) is 7.43 Å². The van der Waals surface area contributed by atoms with Gasteiger partial charge in [-0.2, -0.15) is 0 Å². The Bertz CT molecular complexity index is 87.7. The van der Waals surface area contributed by atoms with Gasteiger partial charge in [0.1, 0.15) is 0 Å². The van der Waals surface area contributed by atoms with Crippen LogP contribution in [0.3, 0.4) is 0 Å². The molecular weight excluding hydrogens is 128 g/mol. The highest BCUT2D eigenvalue weighted by atomic mass is 16.5. The normalized spacial score (nSPS) is 27.6. The molecular formula is C7H18N2O. The van der Waals surface area contributed by atoms with Crippen LogP contribution < -0.4 is 5.73 Å². The van der Waals surface area contributed by atoms with E-state index in [2.05, 4.69) is 11.9 Å². The maximum Gasteiger partial charge on any atom is 0.0824 e. The van der Waals surface area contributed by atoms with Crippen LogP contribution in [-0.2, 0) is 4.74 Å². The first-order chi connectivity index (χ1) is 4.33. The smallest absolute Gasteiger partial charge is 0.0824 e. The maximum atomic E-state index is 5.41. The Kier molecular flexibility index (Phi) is 4.60. The summed E-state index contributed by atoms with van der Waals surface area (Å²) in [7, 11) is 2.09. The largest absolute Gasteiger partial charge is 0.374 e. The van der Waals surface area contributed by atoms with Gasteiger partial charge in [0, 0.05) is 19.6 Å². The lowest BCUT2D eigenvalue weighted by molar-refractivity contribution is -0.0138. The van der Waals surface area contributed by atoms with Gasteiger partial charge in [0.05, 0.1) is 12.7 Å². The van der Waals surface area contributed by atoms with Crippen molar-refractivity contribution in [1.82, 2.24) is 4.90 Å². The zero-order valence-electron chi connectivity index (χ0n) is 5.84. The summed E-state index contributed by atoms with van der Waals surface area (Å²) in [6, 6.07) is 0. The SMILES string of the molecule is C.CN1CCOC(CN)C1. The Morgan fingerprint density at radius 3 is 2.80 bits per heavy atom. The van der Waals surface area contributed by atoms with E-state index in [9.17, 15) is 0 Å². The molecule has 0 aromatic carbocycles. The first-order valence-corrected chi connectivity index (χ1v) is 3.33. The third-order valence-electron chi connectivity index (χ3n) is 1.60. The molecule has 0 aromatic heterocycles. The van der Waals surface area contributed by atoms with Crippen molar-refractivity contribution >= 4 is 0 Å². The Balaban J connectivity index is 0.000000810. The van der Waals surface area contributed by atoms with Gasteiger partial charge in [0.15, 0.2) is 0 Å². The van der Waals surface area contributed by atoms with Gasteiger partial charge < -0.3 is 15.4 Å². The predicted octanol–water partition coefficient (Wildman–Crippen LogP) is -0.0882. The van der Waals surface area contributed by atoms with Crippen LogP contribution in [0.2, 0.25) is 0 Å². The number of rotatable bonds is 1. The fourth-order valence-electron chi connectivity index (χ4n) is 1.01. The summed E-state index contributed by atoms with van der Waals surface area (Å²) in [4.78, 5) is 2.24. The van der Waals surface area contributed by atoms with Crippen molar-refractivity contribution < 1.29 is 4.74 Å². The van der Waals surface area contributed by atoms with Crippen molar-refractivity contribution in [2.45, 2.75) is 13.5 Å². The summed E-state index contributed by atoms with van der Waals surface area (Å²) in [6.07, 6.45) is 0.267. The predicted molar refractivity (Wildman–Crippen MR) is 43.0 cm³/mol. The van der Waals surface area contributed by atoms with Crippen LogP contribution in [0.15, 0.2) is 0 Å².